The molecule has 0 aliphatic carbocycles. The third-order valence-electron chi connectivity index (χ3n) is 2.60. The van der Waals surface area contributed by atoms with E-state index in [0.29, 0.717) is 35.5 Å². The first kappa shape index (κ1) is 13.8. The van der Waals surface area contributed by atoms with Gasteiger partial charge in [-0.25, -0.2) is 0 Å². The summed E-state index contributed by atoms with van der Waals surface area (Å²) >= 11 is 6.13. The molecule has 102 valence electrons. The second-order valence-electron chi connectivity index (χ2n) is 4.05. The first-order valence-corrected chi connectivity index (χ1v) is 6.53. The van der Waals surface area contributed by atoms with Crippen molar-refractivity contribution in [3.05, 3.63) is 40.5 Å². The van der Waals surface area contributed by atoms with E-state index in [2.05, 4.69) is 10.1 Å². The summed E-state index contributed by atoms with van der Waals surface area (Å²) in [4.78, 5) is 4.16. The van der Waals surface area contributed by atoms with Crippen LogP contribution in [0.3, 0.4) is 0 Å². The van der Waals surface area contributed by atoms with Crippen LogP contribution in [0.4, 0.5) is 0 Å². The van der Waals surface area contributed by atoms with E-state index in [9.17, 15) is 0 Å². The molecule has 0 unspecified atom stereocenters. The SMILES string of the molecule is CCc1nc(COc2ccc(CCN)cc2Cl)no1. The lowest BCUT2D eigenvalue weighted by molar-refractivity contribution is 0.285. The van der Waals surface area contributed by atoms with E-state index in [-0.39, 0.29) is 6.61 Å². The number of nitrogens with zero attached hydrogens (tertiary/aromatic N) is 2. The molecule has 0 saturated heterocycles. The minimum Gasteiger partial charge on any atom is -0.484 e. The second kappa shape index (κ2) is 6.54. The Morgan fingerprint density at radius 2 is 2.26 bits per heavy atom. The Hall–Kier alpha value is -1.59. The van der Waals surface area contributed by atoms with E-state index in [1.807, 2.05) is 25.1 Å². The number of ether oxygens (including phenoxy) is 1. The van der Waals surface area contributed by atoms with Gasteiger partial charge in [-0.3, -0.25) is 0 Å². The van der Waals surface area contributed by atoms with E-state index < -0.39 is 0 Å². The number of aromatic nitrogens is 2. The summed E-state index contributed by atoms with van der Waals surface area (Å²) in [5, 5.41) is 4.37. The van der Waals surface area contributed by atoms with Crippen LogP contribution in [0.25, 0.3) is 0 Å². The van der Waals surface area contributed by atoms with Crippen LogP contribution in [0.2, 0.25) is 5.02 Å². The summed E-state index contributed by atoms with van der Waals surface area (Å²) in [6.07, 6.45) is 1.51. The van der Waals surface area contributed by atoms with Crippen LogP contribution in [-0.2, 0) is 19.4 Å². The van der Waals surface area contributed by atoms with Crippen molar-refractivity contribution in [3.63, 3.8) is 0 Å². The van der Waals surface area contributed by atoms with Crippen LogP contribution >= 0.6 is 11.6 Å². The largest absolute Gasteiger partial charge is 0.484 e. The first-order valence-electron chi connectivity index (χ1n) is 6.15. The van der Waals surface area contributed by atoms with Crippen LogP contribution in [0, 0.1) is 0 Å². The highest BCUT2D eigenvalue weighted by Crippen LogP contribution is 2.26. The van der Waals surface area contributed by atoms with Gasteiger partial charge in [-0.2, -0.15) is 4.98 Å². The standard InChI is InChI=1S/C13H16ClN3O2/c1-2-13-16-12(17-19-13)8-18-11-4-3-9(5-6-15)7-10(11)14/h3-4,7H,2,5-6,8,15H2,1H3. The number of nitrogens with two attached hydrogens (primary N) is 1. The van der Waals surface area contributed by atoms with Gasteiger partial charge in [0.05, 0.1) is 5.02 Å². The molecule has 0 saturated carbocycles. The molecule has 0 fully saturated rings. The Balaban J connectivity index is 1.99. The topological polar surface area (TPSA) is 74.2 Å². The Labute approximate surface area is 116 Å². The highest BCUT2D eigenvalue weighted by Gasteiger charge is 2.07. The zero-order valence-electron chi connectivity index (χ0n) is 10.7. The fourth-order valence-electron chi connectivity index (χ4n) is 1.62. The molecular formula is C13H16ClN3O2. The number of hydrogen-bond donors (Lipinski definition) is 1. The van der Waals surface area contributed by atoms with Gasteiger partial charge in [-0.1, -0.05) is 29.7 Å². The number of benzene rings is 1. The van der Waals surface area contributed by atoms with Crippen molar-refractivity contribution in [2.24, 2.45) is 5.73 Å². The minimum atomic E-state index is 0.236. The van der Waals surface area contributed by atoms with Crippen molar-refractivity contribution in [1.82, 2.24) is 10.1 Å². The Morgan fingerprint density at radius 3 is 2.89 bits per heavy atom. The summed E-state index contributed by atoms with van der Waals surface area (Å²) in [5.41, 5.74) is 6.59. The number of rotatable bonds is 6. The Morgan fingerprint density at radius 1 is 1.42 bits per heavy atom. The van der Waals surface area contributed by atoms with Crippen molar-refractivity contribution in [2.75, 3.05) is 6.54 Å². The minimum absolute atomic E-state index is 0.236. The smallest absolute Gasteiger partial charge is 0.226 e. The quantitative estimate of drug-likeness (QED) is 0.880. The maximum Gasteiger partial charge on any atom is 0.226 e. The predicted octanol–water partition coefficient (Wildman–Crippen LogP) is 2.37. The van der Waals surface area contributed by atoms with Crippen LogP contribution in [0.5, 0.6) is 5.75 Å². The molecule has 1 aromatic carbocycles. The Kier molecular flexibility index (Phi) is 4.76. The van der Waals surface area contributed by atoms with E-state index in [0.717, 1.165) is 12.0 Å². The molecule has 0 radical (unpaired) electrons. The lowest BCUT2D eigenvalue weighted by atomic mass is 10.1. The van der Waals surface area contributed by atoms with E-state index in [4.69, 9.17) is 26.6 Å². The molecule has 2 rings (SSSR count). The summed E-state index contributed by atoms with van der Waals surface area (Å²) in [6, 6.07) is 5.63. The molecule has 6 heteroatoms. The fraction of sp³-hybridized carbons (Fsp3) is 0.385. The van der Waals surface area contributed by atoms with Crippen LogP contribution in [0.1, 0.15) is 24.2 Å². The lowest BCUT2D eigenvalue weighted by Gasteiger charge is -2.07. The van der Waals surface area contributed by atoms with Gasteiger partial charge in [-0.15, -0.1) is 0 Å². The molecule has 0 atom stereocenters. The van der Waals surface area contributed by atoms with Gasteiger partial charge in [0.15, 0.2) is 6.61 Å². The number of aryl methyl sites for hydroxylation is 1. The maximum atomic E-state index is 6.13. The highest BCUT2D eigenvalue weighted by atomic mass is 35.5. The van der Waals surface area contributed by atoms with E-state index in [1.165, 1.54) is 0 Å². The summed E-state index contributed by atoms with van der Waals surface area (Å²) < 4.78 is 10.6. The molecule has 0 aliphatic heterocycles. The molecule has 1 aromatic heterocycles. The highest BCUT2D eigenvalue weighted by molar-refractivity contribution is 6.32. The number of hydrogen-bond acceptors (Lipinski definition) is 5. The second-order valence-corrected chi connectivity index (χ2v) is 4.46. The monoisotopic (exact) mass is 281 g/mol. The first-order chi connectivity index (χ1) is 9.22. The lowest BCUT2D eigenvalue weighted by Crippen LogP contribution is -2.03. The molecule has 0 spiro atoms. The van der Waals surface area contributed by atoms with Crippen molar-refractivity contribution in [3.8, 4) is 5.75 Å². The van der Waals surface area contributed by atoms with Gasteiger partial charge in [0.1, 0.15) is 5.75 Å². The van der Waals surface area contributed by atoms with E-state index in [1.54, 1.807) is 0 Å². The molecule has 0 bridgehead atoms. The molecule has 5 nitrogen and oxygen atoms in total. The average Bonchev–Trinajstić information content (AvgIpc) is 2.86. The maximum absolute atomic E-state index is 6.13. The van der Waals surface area contributed by atoms with Gasteiger partial charge >= 0.3 is 0 Å². The van der Waals surface area contributed by atoms with E-state index >= 15 is 0 Å². The van der Waals surface area contributed by atoms with Gasteiger partial charge in [0, 0.05) is 6.42 Å². The molecule has 0 aliphatic rings. The summed E-state index contributed by atoms with van der Waals surface area (Å²) in [5.74, 6) is 1.72. The summed E-state index contributed by atoms with van der Waals surface area (Å²) in [7, 11) is 0. The summed E-state index contributed by atoms with van der Waals surface area (Å²) in [6.45, 7) is 2.78. The van der Waals surface area contributed by atoms with Crippen LogP contribution in [-0.4, -0.2) is 16.7 Å². The van der Waals surface area contributed by atoms with Crippen molar-refractivity contribution in [1.29, 1.82) is 0 Å². The third kappa shape index (κ3) is 3.68. The zero-order valence-corrected chi connectivity index (χ0v) is 11.5. The van der Waals surface area contributed by atoms with Gasteiger partial charge in [0.2, 0.25) is 11.7 Å². The Bertz CT molecular complexity index is 542. The normalized spacial score (nSPS) is 10.7. The predicted molar refractivity (Wildman–Crippen MR) is 72.2 cm³/mol. The molecule has 19 heavy (non-hydrogen) atoms. The van der Waals surface area contributed by atoms with Crippen LogP contribution < -0.4 is 10.5 Å². The molecule has 1 heterocycles. The number of halogens is 1. The zero-order chi connectivity index (χ0) is 13.7. The van der Waals surface area contributed by atoms with Crippen molar-refractivity contribution < 1.29 is 9.26 Å². The van der Waals surface area contributed by atoms with Crippen molar-refractivity contribution in [2.45, 2.75) is 26.4 Å². The molecule has 0 amide bonds. The molecule has 2 N–H and O–H groups in total. The van der Waals surface area contributed by atoms with Gasteiger partial charge in [-0.05, 0) is 30.7 Å². The molecule has 2 aromatic rings. The van der Waals surface area contributed by atoms with Crippen molar-refractivity contribution >= 4 is 11.6 Å². The molecular weight excluding hydrogens is 266 g/mol. The third-order valence-corrected chi connectivity index (χ3v) is 2.89. The van der Waals surface area contributed by atoms with Crippen LogP contribution in [0.15, 0.2) is 22.7 Å². The van der Waals surface area contributed by atoms with Gasteiger partial charge in [0.25, 0.3) is 0 Å². The van der Waals surface area contributed by atoms with Gasteiger partial charge < -0.3 is 15.0 Å². The fourth-order valence-corrected chi connectivity index (χ4v) is 1.88. The average molecular weight is 282 g/mol.